The van der Waals surface area contributed by atoms with Crippen LogP contribution in [0.25, 0.3) is 0 Å². The zero-order chi connectivity index (χ0) is 13.4. The maximum Gasteiger partial charge on any atom is 0.0873 e. The smallest absolute Gasteiger partial charge is 0.0873 e. The van der Waals surface area contributed by atoms with Gasteiger partial charge in [0.05, 0.1) is 6.10 Å². The van der Waals surface area contributed by atoms with Crippen LogP contribution in [0.1, 0.15) is 40.8 Å². The number of fused-ring (bicyclic) bond motifs is 1. The van der Waals surface area contributed by atoms with Gasteiger partial charge in [0.25, 0.3) is 0 Å². The topological polar surface area (TPSA) is 33.1 Å². The van der Waals surface area contributed by atoms with Crippen LogP contribution in [-0.2, 0) is 6.42 Å². The first-order valence-electron chi connectivity index (χ1n) is 6.54. The minimum Gasteiger partial charge on any atom is -0.388 e. The van der Waals surface area contributed by atoms with Crippen LogP contribution in [0.5, 0.6) is 0 Å². The van der Waals surface area contributed by atoms with E-state index in [4.69, 9.17) is 11.6 Å². The summed E-state index contributed by atoms with van der Waals surface area (Å²) in [5.74, 6) is 0.0942. The fourth-order valence-corrected chi connectivity index (χ4v) is 2.95. The Bertz CT molecular complexity index is 611. The number of aliphatic hydroxyl groups excluding tert-OH is 1. The lowest BCUT2D eigenvalue weighted by Gasteiger charge is -2.19. The average molecular weight is 274 g/mol. The standard InChI is InChI=1S/C16H16ClNO/c1-10-9-12(5-7-14(10)17)16(19)13-6-4-11-3-2-8-18-15(11)13/h2-3,5,7-9,13,16,19H,4,6H2,1H3. The number of halogens is 1. The van der Waals surface area contributed by atoms with Gasteiger partial charge in [-0.15, -0.1) is 0 Å². The second-order valence-electron chi connectivity index (χ2n) is 5.15. The highest BCUT2D eigenvalue weighted by atomic mass is 35.5. The van der Waals surface area contributed by atoms with Crippen LogP contribution in [-0.4, -0.2) is 10.1 Å². The van der Waals surface area contributed by atoms with Gasteiger partial charge in [-0.25, -0.2) is 0 Å². The molecule has 0 saturated carbocycles. The number of hydrogen-bond acceptors (Lipinski definition) is 2. The molecule has 0 fully saturated rings. The molecule has 1 aromatic carbocycles. The summed E-state index contributed by atoms with van der Waals surface area (Å²) in [6.07, 6.45) is 3.25. The summed E-state index contributed by atoms with van der Waals surface area (Å²) in [5, 5.41) is 11.3. The number of aryl methyl sites for hydroxylation is 2. The first-order chi connectivity index (χ1) is 9.16. The van der Waals surface area contributed by atoms with Crippen LogP contribution in [0.2, 0.25) is 5.02 Å². The fourth-order valence-electron chi connectivity index (χ4n) is 2.84. The Labute approximate surface area is 118 Å². The van der Waals surface area contributed by atoms with E-state index in [0.717, 1.165) is 34.7 Å². The van der Waals surface area contributed by atoms with Crippen molar-refractivity contribution in [1.29, 1.82) is 0 Å². The molecule has 0 bridgehead atoms. The van der Waals surface area contributed by atoms with Gasteiger partial charge in [-0.3, -0.25) is 4.98 Å². The van der Waals surface area contributed by atoms with Gasteiger partial charge in [-0.2, -0.15) is 0 Å². The third kappa shape index (κ3) is 2.26. The van der Waals surface area contributed by atoms with Gasteiger partial charge in [-0.05, 0) is 48.6 Å². The van der Waals surface area contributed by atoms with Gasteiger partial charge in [0.2, 0.25) is 0 Å². The van der Waals surface area contributed by atoms with E-state index >= 15 is 0 Å². The minimum absolute atomic E-state index is 0.0942. The summed E-state index contributed by atoms with van der Waals surface area (Å²) in [7, 11) is 0. The van der Waals surface area contributed by atoms with Crippen molar-refractivity contribution in [1.82, 2.24) is 4.98 Å². The van der Waals surface area contributed by atoms with Gasteiger partial charge in [-0.1, -0.05) is 29.8 Å². The van der Waals surface area contributed by atoms with Gasteiger partial charge < -0.3 is 5.11 Å². The average Bonchev–Trinajstić information content (AvgIpc) is 2.85. The third-order valence-corrected chi connectivity index (χ3v) is 4.33. The molecule has 1 aromatic heterocycles. The van der Waals surface area contributed by atoms with E-state index in [1.165, 1.54) is 5.56 Å². The Morgan fingerprint density at radius 3 is 3.00 bits per heavy atom. The van der Waals surface area contributed by atoms with Gasteiger partial charge in [0.15, 0.2) is 0 Å². The van der Waals surface area contributed by atoms with E-state index in [-0.39, 0.29) is 5.92 Å². The normalized spacial score (nSPS) is 19.2. The monoisotopic (exact) mass is 273 g/mol. The Balaban J connectivity index is 1.93. The second kappa shape index (κ2) is 4.95. The van der Waals surface area contributed by atoms with E-state index in [0.29, 0.717) is 0 Å². The molecule has 0 radical (unpaired) electrons. The van der Waals surface area contributed by atoms with Crippen LogP contribution in [0.4, 0.5) is 0 Å². The molecule has 0 spiro atoms. The molecule has 0 saturated heterocycles. The first kappa shape index (κ1) is 12.6. The van der Waals surface area contributed by atoms with Gasteiger partial charge >= 0.3 is 0 Å². The van der Waals surface area contributed by atoms with Crippen LogP contribution in [0.3, 0.4) is 0 Å². The van der Waals surface area contributed by atoms with E-state index in [2.05, 4.69) is 11.1 Å². The minimum atomic E-state index is -0.507. The largest absolute Gasteiger partial charge is 0.388 e. The number of hydrogen-bond donors (Lipinski definition) is 1. The van der Waals surface area contributed by atoms with Crippen molar-refractivity contribution in [3.63, 3.8) is 0 Å². The van der Waals surface area contributed by atoms with Crippen LogP contribution < -0.4 is 0 Å². The molecule has 2 atom stereocenters. The fraction of sp³-hybridized carbons (Fsp3) is 0.312. The summed E-state index contributed by atoms with van der Waals surface area (Å²) in [6, 6.07) is 9.78. The molecule has 3 heteroatoms. The van der Waals surface area contributed by atoms with E-state index < -0.39 is 6.10 Å². The predicted octanol–water partition coefficient (Wildman–Crippen LogP) is 3.81. The summed E-state index contributed by atoms with van der Waals surface area (Å²) >= 11 is 6.03. The van der Waals surface area contributed by atoms with Gasteiger partial charge in [0, 0.05) is 22.8 Å². The van der Waals surface area contributed by atoms with Crippen molar-refractivity contribution in [2.45, 2.75) is 31.8 Å². The summed E-state index contributed by atoms with van der Waals surface area (Å²) in [5.41, 5.74) is 4.22. The highest BCUT2D eigenvalue weighted by Crippen LogP contribution is 2.40. The van der Waals surface area contributed by atoms with Crippen molar-refractivity contribution in [3.05, 3.63) is 63.9 Å². The van der Waals surface area contributed by atoms with Gasteiger partial charge in [0.1, 0.15) is 0 Å². The molecule has 19 heavy (non-hydrogen) atoms. The van der Waals surface area contributed by atoms with Crippen molar-refractivity contribution in [2.75, 3.05) is 0 Å². The number of aromatic nitrogens is 1. The zero-order valence-corrected chi connectivity index (χ0v) is 11.6. The molecule has 1 aliphatic carbocycles. The van der Waals surface area contributed by atoms with Crippen LogP contribution >= 0.6 is 11.6 Å². The molecule has 0 aliphatic heterocycles. The zero-order valence-electron chi connectivity index (χ0n) is 10.8. The molecular weight excluding hydrogens is 258 g/mol. The maximum atomic E-state index is 10.6. The molecule has 98 valence electrons. The molecule has 1 heterocycles. The quantitative estimate of drug-likeness (QED) is 0.903. The molecule has 2 nitrogen and oxygen atoms in total. The number of nitrogens with zero attached hydrogens (tertiary/aromatic N) is 1. The summed E-state index contributed by atoms with van der Waals surface area (Å²) in [4.78, 5) is 4.44. The first-order valence-corrected chi connectivity index (χ1v) is 6.92. The lowest BCUT2D eigenvalue weighted by atomic mass is 9.92. The lowest BCUT2D eigenvalue weighted by Crippen LogP contribution is -2.09. The Morgan fingerprint density at radius 1 is 1.37 bits per heavy atom. The molecule has 2 aromatic rings. The van der Waals surface area contributed by atoms with Crippen molar-refractivity contribution in [3.8, 4) is 0 Å². The number of pyridine rings is 1. The van der Waals surface area contributed by atoms with E-state index in [1.807, 2.05) is 31.2 Å². The molecule has 0 amide bonds. The van der Waals surface area contributed by atoms with Crippen molar-refractivity contribution >= 4 is 11.6 Å². The molecule has 3 rings (SSSR count). The van der Waals surface area contributed by atoms with E-state index in [9.17, 15) is 5.11 Å². The Kier molecular flexibility index (Phi) is 3.29. The lowest BCUT2D eigenvalue weighted by molar-refractivity contribution is 0.143. The highest BCUT2D eigenvalue weighted by Gasteiger charge is 2.30. The number of aliphatic hydroxyl groups is 1. The Hall–Kier alpha value is -1.38. The predicted molar refractivity (Wildman–Crippen MR) is 76.4 cm³/mol. The molecule has 1 aliphatic rings. The summed E-state index contributed by atoms with van der Waals surface area (Å²) < 4.78 is 0. The third-order valence-electron chi connectivity index (χ3n) is 3.91. The van der Waals surface area contributed by atoms with Crippen LogP contribution in [0, 0.1) is 6.92 Å². The highest BCUT2D eigenvalue weighted by molar-refractivity contribution is 6.31. The SMILES string of the molecule is Cc1cc(C(O)C2CCc3cccnc32)ccc1Cl. The Morgan fingerprint density at radius 2 is 2.21 bits per heavy atom. The molecular formula is C16H16ClNO. The number of rotatable bonds is 2. The van der Waals surface area contributed by atoms with E-state index in [1.54, 1.807) is 6.20 Å². The molecule has 2 unspecified atom stereocenters. The molecule has 1 N–H and O–H groups in total. The van der Waals surface area contributed by atoms with Crippen molar-refractivity contribution in [2.24, 2.45) is 0 Å². The second-order valence-corrected chi connectivity index (χ2v) is 5.55. The number of benzene rings is 1. The summed E-state index contributed by atoms with van der Waals surface area (Å²) in [6.45, 7) is 1.96. The van der Waals surface area contributed by atoms with Crippen LogP contribution in [0.15, 0.2) is 36.5 Å². The maximum absolute atomic E-state index is 10.6. The van der Waals surface area contributed by atoms with Crippen molar-refractivity contribution < 1.29 is 5.11 Å².